The van der Waals surface area contributed by atoms with Crippen LogP contribution >= 0.6 is 11.3 Å². The van der Waals surface area contributed by atoms with Gasteiger partial charge in [0, 0.05) is 31.7 Å². The number of ether oxygens (including phenoxy) is 2. The molecule has 6 heteroatoms. The largest absolute Gasteiger partial charge is 0.378 e. The fourth-order valence-electron chi connectivity index (χ4n) is 3.81. The maximum atomic E-state index is 13.2. The molecule has 0 aliphatic carbocycles. The van der Waals surface area contributed by atoms with E-state index in [1.807, 2.05) is 36.9 Å². The first-order chi connectivity index (χ1) is 13.1. The summed E-state index contributed by atoms with van der Waals surface area (Å²) in [6.45, 7) is 8.53. The predicted octanol–water partition coefficient (Wildman–Crippen LogP) is 3.50. The number of carbonyl (C=O) groups is 1. The number of nitrogens with zero attached hydrogens (tertiary/aromatic N) is 2. The quantitative estimate of drug-likeness (QED) is 0.810. The van der Waals surface area contributed by atoms with Gasteiger partial charge >= 0.3 is 0 Å². The highest BCUT2D eigenvalue weighted by molar-refractivity contribution is 7.18. The van der Waals surface area contributed by atoms with E-state index in [1.165, 1.54) is 5.00 Å². The lowest BCUT2D eigenvalue weighted by Crippen LogP contribution is -2.48. The summed E-state index contributed by atoms with van der Waals surface area (Å²) < 4.78 is 11.3. The lowest BCUT2D eigenvalue weighted by molar-refractivity contribution is -0.0585. The van der Waals surface area contributed by atoms with Gasteiger partial charge in [-0.2, -0.15) is 0 Å². The number of rotatable bonds is 3. The van der Waals surface area contributed by atoms with Crippen LogP contribution in [-0.2, 0) is 9.47 Å². The minimum absolute atomic E-state index is 0.0740. The molecule has 144 valence electrons. The third kappa shape index (κ3) is 4.03. The van der Waals surface area contributed by atoms with E-state index in [-0.39, 0.29) is 18.1 Å². The maximum absolute atomic E-state index is 13.2. The highest BCUT2D eigenvalue weighted by Crippen LogP contribution is 2.40. The molecule has 0 saturated carbocycles. The van der Waals surface area contributed by atoms with Crippen molar-refractivity contribution in [2.75, 3.05) is 44.3 Å². The topological polar surface area (TPSA) is 42.0 Å². The fourth-order valence-corrected chi connectivity index (χ4v) is 5.01. The smallest absolute Gasteiger partial charge is 0.264 e. The van der Waals surface area contributed by atoms with E-state index in [9.17, 15) is 4.79 Å². The van der Waals surface area contributed by atoms with Gasteiger partial charge in [-0.1, -0.05) is 30.3 Å². The Hall–Kier alpha value is -1.89. The summed E-state index contributed by atoms with van der Waals surface area (Å²) in [6.07, 6.45) is 0.148. The molecule has 2 saturated heterocycles. The van der Waals surface area contributed by atoms with Gasteiger partial charge in [0.05, 0.1) is 35.3 Å². The number of amides is 1. The van der Waals surface area contributed by atoms with Crippen molar-refractivity contribution >= 4 is 22.2 Å². The molecule has 27 heavy (non-hydrogen) atoms. The van der Waals surface area contributed by atoms with Gasteiger partial charge in [0.2, 0.25) is 0 Å². The number of carbonyl (C=O) groups excluding carboxylic acids is 1. The molecule has 2 fully saturated rings. The Morgan fingerprint density at radius 3 is 2.41 bits per heavy atom. The van der Waals surface area contributed by atoms with Gasteiger partial charge in [-0.05, 0) is 25.5 Å². The molecular formula is C21H26N2O3S. The van der Waals surface area contributed by atoms with Crippen LogP contribution in [0.2, 0.25) is 0 Å². The fraction of sp³-hybridized carbons (Fsp3) is 0.476. The molecule has 2 atom stereocenters. The average Bonchev–Trinajstić information content (AvgIpc) is 3.13. The summed E-state index contributed by atoms with van der Waals surface area (Å²) in [5.41, 5.74) is 2.29. The van der Waals surface area contributed by atoms with Crippen LogP contribution in [0.15, 0.2) is 36.4 Å². The molecule has 2 aliphatic heterocycles. The normalized spacial score (nSPS) is 23.5. The molecule has 2 aliphatic rings. The first-order valence-corrected chi connectivity index (χ1v) is 10.4. The highest BCUT2D eigenvalue weighted by atomic mass is 32.1. The van der Waals surface area contributed by atoms with Gasteiger partial charge in [-0.3, -0.25) is 4.79 Å². The molecule has 1 aromatic carbocycles. The Morgan fingerprint density at radius 1 is 1.07 bits per heavy atom. The van der Waals surface area contributed by atoms with Crippen molar-refractivity contribution in [3.63, 3.8) is 0 Å². The van der Waals surface area contributed by atoms with E-state index >= 15 is 0 Å². The third-order valence-corrected chi connectivity index (χ3v) is 6.20. The van der Waals surface area contributed by atoms with Crippen LogP contribution in [0.5, 0.6) is 0 Å². The van der Waals surface area contributed by atoms with Crippen LogP contribution in [0.4, 0.5) is 5.00 Å². The number of thiophene rings is 1. The van der Waals surface area contributed by atoms with Gasteiger partial charge < -0.3 is 19.3 Å². The lowest BCUT2D eigenvalue weighted by Gasteiger charge is -2.35. The summed E-state index contributed by atoms with van der Waals surface area (Å²) in [6, 6.07) is 12.4. The number of morpholine rings is 2. The maximum Gasteiger partial charge on any atom is 0.264 e. The molecule has 4 rings (SSSR count). The van der Waals surface area contributed by atoms with E-state index in [2.05, 4.69) is 23.1 Å². The monoisotopic (exact) mass is 386 g/mol. The number of anilines is 1. The molecule has 1 amide bonds. The van der Waals surface area contributed by atoms with Crippen molar-refractivity contribution in [3.8, 4) is 11.1 Å². The number of hydrogen-bond acceptors (Lipinski definition) is 5. The summed E-state index contributed by atoms with van der Waals surface area (Å²) in [7, 11) is 0. The minimum Gasteiger partial charge on any atom is -0.378 e. The second-order valence-electron chi connectivity index (χ2n) is 7.26. The summed E-state index contributed by atoms with van der Waals surface area (Å²) in [5, 5.41) is 1.17. The van der Waals surface area contributed by atoms with Gasteiger partial charge in [0.15, 0.2) is 0 Å². The minimum atomic E-state index is 0.0740. The SMILES string of the molecule is C[C@@H]1CN(C(=O)c2cc(-c3ccccc3)c(N3CCOCC3)s2)C[C@@H](C)O1. The highest BCUT2D eigenvalue weighted by Gasteiger charge is 2.29. The third-order valence-electron chi connectivity index (χ3n) is 5.01. The molecule has 0 spiro atoms. The number of benzene rings is 1. The van der Waals surface area contributed by atoms with E-state index in [1.54, 1.807) is 11.3 Å². The molecule has 0 radical (unpaired) electrons. The van der Waals surface area contributed by atoms with Crippen molar-refractivity contribution in [2.45, 2.75) is 26.1 Å². The van der Waals surface area contributed by atoms with Gasteiger partial charge in [0.25, 0.3) is 5.91 Å². The molecule has 0 N–H and O–H groups in total. The van der Waals surface area contributed by atoms with Crippen LogP contribution in [0.1, 0.15) is 23.5 Å². The van der Waals surface area contributed by atoms with Crippen molar-refractivity contribution in [1.29, 1.82) is 0 Å². The van der Waals surface area contributed by atoms with Crippen LogP contribution in [0.25, 0.3) is 11.1 Å². The van der Waals surface area contributed by atoms with Gasteiger partial charge in [-0.15, -0.1) is 11.3 Å². The Morgan fingerprint density at radius 2 is 1.74 bits per heavy atom. The second kappa shape index (κ2) is 8.00. The van der Waals surface area contributed by atoms with Gasteiger partial charge in [-0.25, -0.2) is 0 Å². The molecule has 2 aromatic rings. The predicted molar refractivity (Wildman–Crippen MR) is 109 cm³/mol. The van der Waals surface area contributed by atoms with Crippen molar-refractivity contribution in [3.05, 3.63) is 41.3 Å². The Bertz CT molecular complexity index is 776. The Balaban J connectivity index is 1.67. The summed E-state index contributed by atoms with van der Waals surface area (Å²) in [5.74, 6) is 0.110. The summed E-state index contributed by atoms with van der Waals surface area (Å²) in [4.78, 5) is 18.3. The van der Waals surface area contributed by atoms with Gasteiger partial charge in [0.1, 0.15) is 0 Å². The standard InChI is InChI=1S/C21H26N2O3S/c1-15-13-23(14-16(2)26-15)20(24)19-12-18(17-6-4-3-5-7-17)21(27-19)22-8-10-25-11-9-22/h3-7,12,15-16H,8-11,13-14H2,1-2H3/t15-,16-/m1/s1. The van der Waals surface area contributed by atoms with E-state index in [4.69, 9.17) is 9.47 Å². The zero-order valence-corrected chi connectivity index (χ0v) is 16.7. The molecular weight excluding hydrogens is 360 g/mol. The molecule has 3 heterocycles. The second-order valence-corrected chi connectivity index (χ2v) is 8.29. The summed E-state index contributed by atoms with van der Waals surface area (Å²) >= 11 is 1.60. The lowest BCUT2D eigenvalue weighted by atomic mass is 10.1. The number of hydrogen-bond donors (Lipinski definition) is 0. The van der Waals surface area contributed by atoms with E-state index in [0.29, 0.717) is 13.1 Å². The van der Waals surface area contributed by atoms with Crippen molar-refractivity contribution in [2.24, 2.45) is 0 Å². The first-order valence-electron chi connectivity index (χ1n) is 9.58. The average molecular weight is 387 g/mol. The van der Waals surface area contributed by atoms with Crippen molar-refractivity contribution in [1.82, 2.24) is 4.90 Å². The molecule has 0 bridgehead atoms. The first kappa shape index (κ1) is 18.5. The van der Waals surface area contributed by atoms with Crippen LogP contribution < -0.4 is 4.90 Å². The molecule has 1 aromatic heterocycles. The van der Waals surface area contributed by atoms with Crippen LogP contribution in [0.3, 0.4) is 0 Å². The Kier molecular flexibility index (Phi) is 5.48. The molecule has 5 nitrogen and oxygen atoms in total. The van der Waals surface area contributed by atoms with Crippen LogP contribution in [0, 0.1) is 0 Å². The van der Waals surface area contributed by atoms with E-state index in [0.717, 1.165) is 42.3 Å². The molecule has 0 unspecified atom stereocenters. The van der Waals surface area contributed by atoms with Crippen LogP contribution in [-0.4, -0.2) is 62.4 Å². The van der Waals surface area contributed by atoms with E-state index < -0.39 is 0 Å². The van der Waals surface area contributed by atoms with Crippen molar-refractivity contribution < 1.29 is 14.3 Å². The Labute approximate surface area is 164 Å². The zero-order chi connectivity index (χ0) is 18.8. The zero-order valence-electron chi connectivity index (χ0n) is 15.9.